The summed E-state index contributed by atoms with van der Waals surface area (Å²) in [6.45, 7) is 3.76. The van der Waals surface area contributed by atoms with Gasteiger partial charge in [0.25, 0.3) is 0 Å². The Hall–Kier alpha value is -2.19. The van der Waals surface area contributed by atoms with Gasteiger partial charge in [0.2, 0.25) is 16.0 Å². The molecule has 1 aromatic heterocycles. The van der Waals surface area contributed by atoms with Crippen LogP contribution < -0.4 is 15.8 Å². The third kappa shape index (κ3) is 3.74. The molecular weight excluding hydrogens is 338 g/mol. The highest BCUT2D eigenvalue weighted by molar-refractivity contribution is 7.89. The molecule has 0 atom stereocenters. The Morgan fingerprint density at radius 3 is 2.52 bits per heavy atom. The van der Waals surface area contributed by atoms with Gasteiger partial charge in [-0.2, -0.15) is 4.98 Å². The number of anilines is 2. The number of nitrogens with one attached hydrogen (secondary N) is 2. The Bertz CT molecular complexity index is 892. The van der Waals surface area contributed by atoms with Gasteiger partial charge >= 0.3 is 0 Å². The zero-order chi connectivity index (χ0) is 18.2. The standard InChI is InChI=1S/C17H23N5O2S/c1-10-4-5-15(11(2)6-10)25(23,24)22-13-7-12(8-13)14-9-16(19-3)21-17(18)20-14/h4-6,9,12-13,22H,7-8H2,1-3H3,(H3,18,19,20,21). The van der Waals surface area contributed by atoms with E-state index in [9.17, 15) is 8.42 Å². The summed E-state index contributed by atoms with van der Waals surface area (Å²) in [6, 6.07) is 7.11. The van der Waals surface area contributed by atoms with E-state index in [1.165, 1.54) is 0 Å². The van der Waals surface area contributed by atoms with Crippen LogP contribution in [0, 0.1) is 13.8 Å². The lowest BCUT2D eigenvalue weighted by atomic mass is 9.78. The van der Waals surface area contributed by atoms with Crippen LogP contribution in [0.5, 0.6) is 0 Å². The Kier molecular flexibility index (Phi) is 4.66. The van der Waals surface area contributed by atoms with Crippen molar-refractivity contribution in [3.63, 3.8) is 0 Å². The number of hydrogen-bond acceptors (Lipinski definition) is 6. The number of nitrogens with two attached hydrogens (primary N) is 1. The average Bonchev–Trinajstić information content (AvgIpc) is 2.49. The number of nitrogen functional groups attached to an aromatic ring is 1. The zero-order valence-corrected chi connectivity index (χ0v) is 15.4. The Balaban J connectivity index is 1.68. The molecule has 25 heavy (non-hydrogen) atoms. The highest BCUT2D eigenvalue weighted by Crippen LogP contribution is 2.37. The first-order valence-electron chi connectivity index (χ1n) is 8.20. The highest BCUT2D eigenvalue weighted by Gasteiger charge is 2.35. The van der Waals surface area contributed by atoms with Gasteiger partial charge in [-0.1, -0.05) is 17.7 Å². The van der Waals surface area contributed by atoms with Crippen molar-refractivity contribution in [3.05, 3.63) is 41.1 Å². The van der Waals surface area contributed by atoms with E-state index >= 15 is 0 Å². The number of sulfonamides is 1. The molecule has 0 unspecified atom stereocenters. The van der Waals surface area contributed by atoms with Crippen molar-refractivity contribution < 1.29 is 8.42 Å². The van der Waals surface area contributed by atoms with Gasteiger partial charge in [-0.05, 0) is 38.3 Å². The van der Waals surface area contributed by atoms with Crippen LogP contribution in [0.3, 0.4) is 0 Å². The summed E-state index contributed by atoms with van der Waals surface area (Å²) in [7, 11) is -1.74. The quantitative estimate of drug-likeness (QED) is 0.751. The van der Waals surface area contributed by atoms with Crippen LogP contribution in [0.4, 0.5) is 11.8 Å². The van der Waals surface area contributed by atoms with E-state index in [4.69, 9.17) is 5.73 Å². The maximum Gasteiger partial charge on any atom is 0.241 e. The van der Waals surface area contributed by atoms with E-state index in [1.807, 2.05) is 32.0 Å². The molecule has 0 saturated heterocycles. The molecule has 4 N–H and O–H groups in total. The molecule has 134 valence electrons. The molecule has 0 aliphatic heterocycles. The zero-order valence-electron chi connectivity index (χ0n) is 14.6. The van der Waals surface area contributed by atoms with E-state index in [0.29, 0.717) is 23.6 Å². The van der Waals surface area contributed by atoms with Gasteiger partial charge in [-0.25, -0.2) is 18.1 Å². The largest absolute Gasteiger partial charge is 0.373 e. The van der Waals surface area contributed by atoms with Gasteiger partial charge in [-0.15, -0.1) is 0 Å². The summed E-state index contributed by atoms with van der Waals surface area (Å²) in [5.74, 6) is 1.08. The molecular formula is C17H23N5O2S. The lowest BCUT2D eigenvalue weighted by Gasteiger charge is -2.35. The topological polar surface area (TPSA) is 110 Å². The Morgan fingerprint density at radius 1 is 1.16 bits per heavy atom. The number of benzene rings is 1. The monoisotopic (exact) mass is 361 g/mol. The van der Waals surface area contributed by atoms with Crippen LogP contribution in [-0.2, 0) is 10.0 Å². The van der Waals surface area contributed by atoms with Crippen LogP contribution >= 0.6 is 0 Å². The van der Waals surface area contributed by atoms with Gasteiger partial charge in [0.15, 0.2) is 0 Å². The summed E-state index contributed by atoms with van der Waals surface area (Å²) >= 11 is 0. The molecule has 2 aromatic rings. The number of nitrogens with zero attached hydrogens (tertiary/aromatic N) is 2. The molecule has 0 spiro atoms. The Morgan fingerprint density at radius 2 is 1.88 bits per heavy atom. The van der Waals surface area contributed by atoms with Gasteiger partial charge < -0.3 is 11.1 Å². The van der Waals surface area contributed by atoms with Gasteiger partial charge in [0, 0.05) is 25.1 Å². The Labute approximate surface area is 148 Å². The summed E-state index contributed by atoms with van der Waals surface area (Å²) in [4.78, 5) is 8.68. The van der Waals surface area contributed by atoms with Crippen LogP contribution in [-0.4, -0.2) is 31.5 Å². The fourth-order valence-electron chi connectivity index (χ4n) is 3.16. The molecule has 1 aliphatic rings. The first kappa shape index (κ1) is 17.6. The van der Waals surface area contributed by atoms with Crippen LogP contribution in [0.25, 0.3) is 0 Å². The first-order valence-corrected chi connectivity index (χ1v) is 9.68. The third-order valence-corrected chi connectivity index (χ3v) is 6.20. The predicted octanol–water partition coefficient (Wildman–Crippen LogP) is 1.94. The normalized spacial score (nSPS) is 20.1. The molecule has 8 heteroatoms. The minimum Gasteiger partial charge on any atom is -0.373 e. The van der Waals surface area contributed by atoms with Crippen molar-refractivity contribution in [1.29, 1.82) is 0 Å². The molecule has 1 aliphatic carbocycles. The highest BCUT2D eigenvalue weighted by atomic mass is 32.2. The van der Waals surface area contributed by atoms with Crippen LogP contribution in [0.2, 0.25) is 0 Å². The van der Waals surface area contributed by atoms with Gasteiger partial charge in [0.1, 0.15) is 5.82 Å². The van der Waals surface area contributed by atoms with E-state index in [0.717, 1.165) is 16.8 Å². The maximum absolute atomic E-state index is 12.6. The predicted molar refractivity (Wildman–Crippen MR) is 98.0 cm³/mol. The molecule has 1 heterocycles. The van der Waals surface area contributed by atoms with Crippen molar-refractivity contribution in [3.8, 4) is 0 Å². The second-order valence-electron chi connectivity index (χ2n) is 6.54. The molecule has 0 amide bonds. The van der Waals surface area contributed by atoms with E-state index in [2.05, 4.69) is 20.0 Å². The van der Waals surface area contributed by atoms with Gasteiger partial charge in [-0.3, -0.25) is 0 Å². The molecule has 0 bridgehead atoms. The average molecular weight is 361 g/mol. The minimum absolute atomic E-state index is 0.0927. The second kappa shape index (κ2) is 6.61. The molecule has 3 rings (SSSR count). The van der Waals surface area contributed by atoms with E-state index in [1.54, 1.807) is 13.1 Å². The molecule has 1 fully saturated rings. The summed E-state index contributed by atoms with van der Waals surface area (Å²) in [6.07, 6.45) is 1.40. The number of hydrogen-bond donors (Lipinski definition) is 3. The van der Waals surface area contributed by atoms with Crippen molar-refractivity contribution in [1.82, 2.24) is 14.7 Å². The smallest absolute Gasteiger partial charge is 0.241 e. The fraction of sp³-hybridized carbons (Fsp3) is 0.412. The lowest BCUT2D eigenvalue weighted by Crippen LogP contribution is -2.43. The first-order chi connectivity index (χ1) is 11.8. The third-order valence-electron chi connectivity index (χ3n) is 4.52. The molecule has 0 radical (unpaired) electrons. The number of rotatable bonds is 5. The number of aromatic nitrogens is 2. The van der Waals surface area contributed by atoms with Crippen molar-refractivity contribution in [2.75, 3.05) is 18.1 Å². The molecule has 7 nitrogen and oxygen atoms in total. The molecule has 1 saturated carbocycles. The summed E-state index contributed by atoms with van der Waals surface area (Å²) in [5.41, 5.74) is 8.36. The summed E-state index contributed by atoms with van der Waals surface area (Å²) < 4.78 is 28.0. The second-order valence-corrected chi connectivity index (χ2v) is 8.22. The van der Waals surface area contributed by atoms with E-state index < -0.39 is 10.0 Å². The SMILES string of the molecule is CNc1cc(C2CC(NS(=O)(=O)c3ccc(C)cc3C)C2)nc(N)n1. The van der Waals surface area contributed by atoms with Gasteiger partial charge in [0.05, 0.1) is 10.6 Å². The maximum atomic E-state index is 12.6. The van der Waals surface area contributed by atoms with Crippen LogP contribution in [0.15, 0.2) is 29.2 Å². The fourth-order valence-corrected chi connectivity index (χ4v) is 4.65. The van der Waals surface area contributed by atoms with Crippen molar-refractivity contribution in [2.24, 2.45) is 0 Å². The molecule has 1 aromatic carbocycles. The lowest BCUT2D eigenvalue weighted by molar-refractivity contribution is 0.321. The summed E-state index contributed by atoms with van der Waals surface area (Å²) in [5, 5.41) is 2.95. The minimum atomic E-state index is -3.51. The van der Waals surface area contributed by atoms with Crippen molar-refractivity contribution >= 4 is 21.8 Å². The van der Waals surface area contributed by atoms with Crippen molar-refractivity contribution in [2.45, 2.75) is 43.5 Å². The number of aryl methyl sites for hydroxylation is 2. The van der Waals surface area contributed by atoms with E-state index in [-0.39, 0.29) is 17.9 Å². The van der Waals surface area contributed by atoms with Crippen LogP contribution in [0.1, 0.15) is 35.6 Å².